The number of likely N-dealkylation sites (tertiary alicyclic amines) is 1. The molecule has 0 aliphatic carbocycles. The first-order chi connectivity index (χ1) is 12.0. The van der Waals surface area contributed by atoms with E-state index >= 15 is 0 Å². The van der Waals surface area contributed by atoms with E-state index in [4.69, 9.17) is 11.5 Å². The van der Waals surface area contributed by atoms with Gasteiger partial charge in [-0.25, -0.2) is 4.79 Å². The van der Waals surface area contributed by atoms with Gasteiger partial charge < -0.3 is 16.4 Å². The van der Waals surface area contributed by atoms with Crippen molar-refractivity contribution in [2.45, 2.75) is 38.1 Å². The third-order valence-electron chi connectivity index (χ3n) is 4.96. The van der Waals surface area contributed by atoms with E-state index in [-0.39, 0.29) is 11.5 Å². The summed E-state index contributed by atoms with van der Waals surface area (Å²) in [5.41, 5.74) is 13.3. The fourth-order valence-corrected chi connectivity index (χ4v) is 3.43. The summed E-state index contributed by atoms with van der Waals surface area (Å²) in [5, 5.41) is 0. The maximum Gasteiger partial charge on any atom is 0.354 e. The first-order valence-corrected chi connectivity index (χ1v) is 8.96. The quantitative estimate of drug-likeness (QED) is 0.884. The van der Waals surface area contributed by atoms with Gasteiger partial charge in [0.15, 0.2) is 0 Å². The van der Waals surface area contributed by atoms with Crippen LogP contribution in [0.1, 0.15) is 37.7 Å². The van der Waals surface area contributed by atoms with Crippen LogP contribution in [-0.4, -0.2) is 40.1 Å². The van der Waals surface area contributed by atoms with Crippen LogP contribution in [-0.2, 0) is 0 Å². The highest BCUT2D eigenvalue weighted by atomic mass is 16.1. The van der Waals surface area contributed by atoms with Crippen molar-refractivity contribution in [1.29, 1.82) is 0 Å². The highest BCUT2D eigenvalue weighted by molar-refractivity contribution is 5.37. The van der Waals surface area contributed by atoms with Crippen LogP contribution in [0.3, 0.4) is 0 Å². The third-order valence-corrected chi connectivity index (χ3v) is 4.96. The molecule has 1 saturated heterocycles. The van der Waals surface area contributed by atoms with Crippen molar-refractivity contribution in [2.75, 3.05) is 25.4 Å². The Labute approximate surface area is 148 Å². The lowest BCUT2D eigenvalue weighted by atomic mass is 10.00. The number of rotatable bonds is 4. The summed E-state index contributed by atoms with van der Waals surface area (Å²) in [4.78, 5) is 18.2. The van der Waals surface area contributed by atoms with Crippen LogP contribution in [0.15, 0.2) is 41.3 Å². The molecule has 0 bridgehead atoms. The standard InChI is InChI=1S/C19H27N5O/c1-14(13-23-10-2-3-16(20)8-11-23)15-4-6-17(7-5-15)24-12-9-18(21)22-19(24)25/h4-7,9,12,14,16H,2-3,8,10-11,13,20H2,1H3,(H2,21,22,25)/t14?,16-/m0/s1. The molecule has 4 N–H and O–H groups in total. The molecule has 0 radical (unpaired) electrons. The predicted molar refractivity (Wildman–Crippen MR) is 101 cm³/mol. The SMILES string of the molecule is CC(CN1CCC[C@H](N)CC1)c1ccc(-n2ccc(N)nc2=O)cc1. The second kappa shape index (κ2) is 7.80. The number of nitrogens with zero attached hydrogens (tertiary/aromatic N) is 3. The molecule has 1 aliphatic rings. The van der Waals surface area contributed by atoms with E-state index in [0.29, 0.717) is 12.0 Å². The van der Waals surface area contributed by atoms with Gasteiger partial charge in [-0.15, -0.1) is 0 Å². The predicted octanol–water partition coefficient (Wildman–Crippen LogP) is 1.73. The summed E-state index contributed by atoms with van der Waals surface area (Å²) >= 11 is 0. The molecule has 1 fully saturated rings. The van der Waals surface area contributed by atoms with Crippen molar-refractivity contribution in [3.63, 3.8) is 0 Å². The zero-order valence-corrected chi connectivity index (χ0v) is 14.8. The normalized spacial score (nSPS) is 20.2. The van der Waals surface area contributed by atoms with Gasteiger partial charge in [-0.3, -0.25) is 4.57 Å². The van der Waals surface area contributed by atoms with Gasteiger partial charge >= 0.3 is 5.69 Å². The van der Waals surface area contributed by atoms with Crippen molar-refractivity contribution in [2.24, 2.45) is 5.73 Å². The van der Waals surface area contributed by atoms with E-state index in [9.17, 15) is 4.79 Å². The first kappa shape index (κ1) is 17.6. The Hall–Kier alpha value is -2.18. The van der Waals surface area contributed by atoms with Gasteiger partial charge in [-0.1, -0.05) is 19.1 Å². The van der Waals surface area contributed by atoms with E-state index < -0.39 is 0 Å². The summed E-state index contributed by atoms with van der Waals surface area (Å²) in [5.74, 6) is 0.674. The number of hydrogen-bond donors (Lipinski definition) is 2. The van der Waals surface area contributed by atoms with Crippen molar-refractivity contribution in [3.05, 3.63) is 52.6 Å². The van der Waals surface area contributed by atoms with Crippen LogP contribution in [0.25, 0.3) is 5.69 Å². The van der Waals surface area contributed by atoms with Gasteiger partial charge in [0.05, 0.1) is 5.69 Å². The molecule has 1 unspecified atom stereocenters. The second-order valence-electron chi connectivity index (χ2n) is 6.99. The fraction of sp³-hybridized carbons (Fsp3) is 0.474. The van der Waals surface area contributed by atoms with Gasteiger partial charge in [0.25, 0.3) is 0 Å². The first-order valence-electron chi connectivity index (χ1n) is 8.96. The molecule has 1 aromatic carbocycles. The zero-order chi connectivity index (χ0) is 17.8. The Morgan fingerprint density at radius 2 is 1.96 bits per heavy atom. The molecule has 0 spiro atoms. The molecule has 2 heterocycles. The summed E-state index contributed by atoms with van der Waals surface area (Å²) < 4.78 is 1.50. The molecule has 134 valence electrons. The monoisotopic (exact) mass is 341 g/mol. The summed E-state index contributed by atoms with van der Waals surface area (Å²) in [6, 6.07) is 10.1. The third kappa shape index (κ3) is 4.46. The second-order valence-corrected chi connectivity index (χ2v) is 6.99. The van der Waals surface area contributed by atoms with Crippen LogP contribution in [0.4, 0.5) is 5.82 Å². The van der Waals surface area contributed by atoms with Gasteiger partial charge in [0, 0.05) is 18.8 Å². The van der Waals surface area contributed by atoms with Crippen molar-refractivity contribution in [1.82, 2.24) is 14.5 Å². The van der Waals surface area contributed by atoms with Crippen LogP contribution in [0, 0.1) is 0 Å². The average Bonchev–Trinajstić information content (AvgIpc) is 2.79. The molecular formula is C19H27N5O. The topological polar surface area (TPSA) is 90.2 Å². The molecule has 1 aliphatic heterocycles. The molecule has 25 heavy (non-hydrogen) atoms. The van der Waals surface area contributed by atoms with Crippen molar-refractivity contribution in [3.8, 4) is 5.69 Å². The lowest BCUT2D eigenvalue weighted by molar-refractivity contribution is 0.270. The van der Waals surface area contributed by atoms with Crippen LogP contribution in [0.5, 0.6) is 0 Å². The lowest BCUT2D eigenvalue weighted by Crippen LogP contribution is -2.30. The Morgan fingerprint density at radius 3 is 2.68 bits per heavy atom. The molecule has 0 saturated carbocycles. The molecule has 2 atom stereocenters. The molecule has 0 amide bonds. The minimum absolute atomic E-state index is 0.240. The van der Waals surface area contributed by atoms with Gasteiger partial charge in [-0.05, 0) is 62.0 Å². The molecular weight excluding hydrogens is 314 g/mol. The maximum atomic E-state index is 11.9. The largest absolute Gasteiger partial charge is 0.383 e. The Bertz CT molecular complexity index is 755. The van der Waals surface area contributed by atoms with E-state index in [0.717, 1.165) is 38.2 Å². The summed E-state index contributed by atoms with van der Waals surface area (Å²) in [6.07, 6.45) is 5.05. The number of hydrogen-bond acceptors (Lipinski definition) is 5. The minimum atomic E-state index is -0.360. The number of benzene rings is 1. The Morgan fingerprint density at radius 1 is 1.20 bits per heavy atom. The number of nitrogens with two attached hydrogens (primary N) is 2. The van der Waals surface area contributed by atoms with Crippen molar-refractivity contribution >= 4 is 5.82 Å². The number of anilines is 1. The smallest absolute Gasteiger partial charge is 0.354 e. The van der Waals surface area contributed by atoms with Crippen molar-refractivity contribution < 1.29 is 0 Å². The van der Waals surface area contributed by atoms with E-state index in [1.54, 1.807) is 12.3 Å². The Balaban J connectivity index is 1.68. The summed E-state index contributed by atoms with van der Waals surface area (Å²) in [6.45, 7) is 5.49. The van der Waals surface area contributed by atoms with Crippen LogP contribution >= 0.6 is 0 Å². The molecule has 3 rings (SSSR count). The van der Waals surface area contributed by atoms with Gasteiger partial charge in [0.1, 0.15) is 5.82 Å². The zero-order valence-electron chi connectivity index (χ0n) is 14.8. The Kier molecular flexibility index (Phi) is 5.50. The average molecular weight is 341 g/mol. The fourth-order valence-electron chi connectivity index (χ4n) is 3.43. The van der Waals surface area contributed by atoms with E-state index in [1.165, 1.54) is 16.6 Å². The van der Waals surface area contributed by atoms with Gasteiger partial charge in [0.2, 0.25) is 0 Å². The molecule has 2 aromatic rings. The maximum absolute atomic E-state index is 11.9. The lowest BCUT2D eigenvalue weighted by Gasteiger charge is -2.24. The molecule has 6 heteroatoms. The number of nitrogen functional groups attached to an aromatic ring is 1. The highest BCUT2D eigenvalue weighted by Crippen LogP contribution is 2.20. The van der Waals surface area contributed by atoms with E-state index in [2.05, 4.69) is 28.9 Å². The molecule has 6 nitrogen and oxygen atoms in total. The van der Waals surface area contributed by atoms with E-state index in [1.807, 2.05) is 12.1 Å². The van der Waals surface area contributed by atoms with Crippen LogP contribution in [0.2, 0.25) is 0 Å². The number of aromatic nitrogens is 2. The minimum Gasteiger partial charge on any atom is -0.383 e. The highest BCUT2D eigenvalue weighted by Gasteiger charge is 2.17. The summed E-state index contributed by atoms with van der Waals surface area (Å²) in [7, 11) is 0. The van der Waals surface area contributed by atoms with Crippen LogP contribution < -0.4 is 17.2 Å². The van der Waals surface area contributed by atoms with Gasteiger partial charge in [-0.2, -0.15) is 4.98 Å². The molecule has 1 aromatic heterocycles.